The molecule has 0 radical (unpaired) electrons. The molecule has 1 rings (SSSR count). The topological polar surface area (TPSA) is 29.4 Å². The van der Waals surface area contributed by atoms with Gasteiger partial charge < -0.3 is 0 Å². The summed E-state index contributed by atoms with van der Waals surface area (Å²) >= 11 is 7.23. The maximum absolute atomic E-state index is 11.2. The van der Waals surface area contributed by atoms with Gasteiger partial charge in [-0.05, 0) is 13.8 Å². The van der Waals surface area contributed by atoms with Crippen molar-refractivity contribution in [2.75, 3.05) is 5.75 Å². The highest BCUT2D eigenvalue weighted by Crippen LogP contribution is 2.19. The predicted octanol–water partition coefficient (Wildman–Crippen LogP) is 3.53. The maximum Gasteiger partial charge on any atom is 0.157 e. The van der Waals surface area contributed by atoms with Gasteiger partial charge >= 0.3 is 0 Å². The molecule has 0 spiro atoms. The standard InChI is InChI=1S/C11H14ClNOS/c1-8(6-12)7-15-11-4-3-10(14)5-9(2)13-11/h5-6H,3-4,7H2,1-2H3. The molecular formula is C11H14ClNOS. The minimum atomic E-state index is 0.163. The summed E-state index contributed by atoms with van der Waals surface area (Å²) in [5.74, 6) is 1.00. The van der Waals surface area contributed by atoms with Crippen LogP contribution in [0.4, 0.5) is 0 Å². The first-order chi connectivity index (χ1) is 7.11. The van der Waals surface area contributed by atoms with Gasteiger partial charge in [0.25, 0.3) is 0 Å². The van der Waals surface area contributed by atoms with E-state index < -0.39 is 0 Å². The van der Waals surface area contributed by atoms with Crippen LogP contribution < -0.4 is 0 Å². The number of halogens is 1. The number of nitrogens with zero attached hydrogens (tertiary/aromatic N) is 1. The molecule has 0 unspecified atom stereocenters. The van der Waals surface area contributed by atoms with Crippen LogP contribution in [0.15, 0.2) is 27.9 Å². The number of rotatable bonds is 2. The molecule has 0 bridgehead atoms. The Kier molecular flexibility index (Phi) is 5.12. The molecule has 0 aromatic carbocycles. The number of ketones is 1. The Bertz CT molecular complexity index is 344. The molecule has 0 N–H and O–H groups in total. The number of aliphatic imine (C=N–C) groups is 1. The molecule has 82 valence electrons. The van der Waals surface area contributed by atoms with Crippen molar-refractivity contribution in [1.29, 1.82) is 0 Å². The molecule has 0 aliphatic carbocycles. The summed E-state index contributed by atoms with van der Waals surface area (Å²) in [5, 5.41) is 1.02. The van der Waals surface area contributed by atoms with Gasteiger partial charge in [0.15, 0.2) is 5.78 Å². The highest BCUT2D eigenvalue weighted by molar-refractivity contribution is 8.14. The van der Waals surface area contributed by atoms with Gasteiger partial charge in [-0.3, -0.25) is 9.79 Å². The molecule has 2 nitrogen and oxygen atoms in total. The van der Waals surface area contributed by atoms with E-state index in [4.69, 9.17) is 11.6 Å². The first-order valence-electron chi connectivity index (χ1n) is 4.79. The normalized spacial score (nSPS) is 18.3. The zero-order valence-corrected chi connectivity index (χ0v) is 10.5. The molecule has 0 aromatic rings. The molecular weight excluding hydrogens is 230 g/mol. The molecule has 0 saturated heterocycles. The molecule has 0 fully saturated rings. The number of thioether (sulfide) groups is 1. The predicted molar refractivity (Wildman–Crippen MR) is 67.5 cm³/mol. The molecule has 4 heteroatoms. The SMILES string of the molecule is CC(=CCl)CSC1=NC(C)=CC(=O)CC1. The second-order valence-corrected chi connectivity index (χ2v) is 4.77. The molecule has 0 aromatic heterocycles. The summed E-state index contributed by atoms with van der Waals surface area (Å²) in [7, 11) is 0. The van der Waals surface area contributed by atoms with Gasteiger partial charge in [-0.2, -0.15) is 0 Å². The summed E-state index contributed by atoms with van der Waals surface area (Å²) in [6.45, 7) is 3.83. The van der Waals surface area contributed by atoms with E-state index in [-0.39, 0.29) is 5.78 Å². The lowest BCUT2D eigenvalue weighted by molar-refractivity contribution is -0.114. The number of allylic oxidation sites excluding steroid dienone is 2. The Morgan fingerprint density at radius 1 is 1.67 bits per heavy atom. The van der Waals surface area contributed by atoms with Gasteiger partial charge in [-0.1, -0.05) is 17.2 Å². The first kappa shape index (κ1) is 12.5. The summed E-state index contributed by atoms with van der Waals surface area (Å²) in [4.78, 5) is 15.6. The van der Waals surface area contributed by atoms with E-state index in [2.05, 4.69) is 4.99 Å². The molecule has 0 atom stereocenters. The van der Waals surface area contributed by atoms with Crippen molar-refractivity contribution in [2.24, 2.45) is 4.99 Å². The van der Waals surface area contributed by atoms with E-state index >= 15 is 0 Å². The quantitative estimate of drug-likeness (QED) is 0.743. The van der Waals surface area contributed by atoms with Crippen LogP contribution in [0.25, 0.3) is 0 Å². The summed E-state index contributed by atoms with van der Waals surface area (Å²) in [6, 6.07) is 0. The minimum Gasteiger partial charge on any atom is -0.295 e. The van der Waals surface area contributed by atoms with E-state index in [1.807, 2.05) is 13.8 Å². The highest BCUT2D eigenvalue weighted by atomic mass is 35.5. The summed E-state index contributed by atoms with van der Waals surface area (Å²) in [6.07, 6.45) is 2.91. The van der Waals surface area contributed by atoms with Crippen LogP contribution in [0.5, 0.6) is 0 Å². The van der Waals surface area contributed by atoms with Crippen LogP contribution in [-0.4, -0.2) is 16.6 Å². The first-order valence-corrected chi connectivity index (χ1v) is 6.21. The van der Waals surface area contributed by atoms with Gasteiger partial charge in [0.2, 0.25) is 0 Å². The van der Waals surface area contributed by atoms with Crippen molar-refractivity contribution in [3.8, 4) is 0 Å². The number of hydrogen-bond acceptors (Lipinski definition) is 3. The van der Waals surface area contributed by atoms with Crippen LogP contribution >= 0.6 is 23.4 Å². The van der Waals surface area contributed by atoms with Crippen molar-refractivity contribution < 1.29 is 4.79 Å². The van der Waals surface area contributed by atoms with Gasteiger partial charge in [-0.25, -0.2) is 0 Å². The zero-order chi connectivity index (χ0) is 11.3. The van der Waals surface area contributed by atoms with Crippen molar-refractivity contribution in [3.63, 3.8) is 0 Å². The molecule has 1 heterocycles. The highest BCUT2D eigenvalue weighted by Gasteiger charge is 2.09. The van der Waals surface area contributed by atoms with Gasteiger partial charge in [-0.15, -0.1) is 11.8 Å². The second kappa shape index (κ2) is 6.13. The van der Waals surface area contributed by atoms with Crippen molar-refractivity contribution in [1.82, 2.24) is 0 Å². The number of carbonyl (C=O) groups excluding carboxylic acids is 1. The van der Waals surface area contributed by atoms with E-state index in [9.17, 15) is 4.79 Å². The smallest absolute Gasteiger partial charge is 0.157 e. The lowest BCUT2D eigenvalue weighted by Crippen LogP contribution is -1.97. The van der Waals surface area contributed by atoms with Crippen LogP contribution in [-0.2, 0) is 4.79 Å². The fourth-order valence-corrected chi connectivity index (χ4v) is 2.25. The average Bonchev–Trinajstić information content (AvgIpc) is 2.36. The molecule has 0 amide bonds. The summed E-state index contributed by atoms with van der Waals surface area (Å²) < 4.78 is 0. The lowest BCUT2D eigenvalue weighted by Gasteiger charge is -2.03. The van der Waals surface area contributed by atoms with Crippen molar-refractivity contribution >= 4 is 34.2 Å². The Morgan fingerprint density at radius 3 is 3.07 bits per heavy atom. The van der Waals surface area contributed by atoms with Crippen LogP contribution in [0.2, 0.25) is 0 Å². The van der Waals surface area contributed by atoms with Gasteiger partial charge in [0, 0.05) is 35.9 Å². The molecule has 15 heavy (non-hydrogen) atoms. The fraction of sp³-hybridized carbons (Fsp3) is 0.455. The monoisotopic (exact) mass is 243 g/mol. The largest absolute Gasteiger partial charge is 0.295 e. The number of carbonyl (C=O) groups is 1. The second-order valence-electron chi connectivity index (χ2n) is 3.50. The molecule has 1 aliphatic rings. The van der Waals surface area contributed by atoms with Crippen LogP contribution in [0, 0.1) is 0 Å². The zero-order valence-electron chi connectivity index (χ0n) is 8.92. The number of hydrogen-bond donors (Lipinski definition) is 0. The van der Waals surface area contributed by atoms with Crippen molar-refractivity contribution in [2.45, 2.75) is 26.7 Å². The van der Waals surface area contributed by atoms with E-state index in [1.54, 1.807) is 23.4 Å². The molecule has 0 saturated carbocycles. The summed E-state index contributed by atoms with van der Waals surface area (Å²) in [5.41, 5.74) is 3.49. The van der Waals surface area contributed by atoms with Crippen LogP contribution in [0.1, 0.15) is 26.7 Å². The molecule has 1 aliphatic heterocycles. The van der Waals surface area contributed by atoms with E-state index in [0.717, 1.165) is 28.5 Å². The minimum absolute atomic E-state index is 0.163. The third-order valence-corrected chi connectivity index (χ3v) is 3.51. The van der Waals surface area contributed by atoms with Gasteiger partial charge in [0.05, 0.1) is 5.04 Å². The van der Waals surface area contributed by atoms with Gasteiger partial charge in [0.1, 0.15) is 0 Å². The fourth-order valence-electron chi connectivity index (χ4n) is 1.15. The Labute approximate surface area is 99.5 Å². The van der Waals surface area contributed by atoms with Crippen LogP contribution in [0.3, 0.4) is 0 Å². The Balaban J connectivity index is 2.57. The average molecular weight is 244 g/mol. The Morgan fingerprint density at radius 2 is 2.40 bits per heavy atom. The van der Waals surface area contributed by atoms with E-state index in [0.29, 0.717) is 6.42 Å². The van der Waals surface area contributed by atoms with Crippen molar-refractivity contribution in [3.05, 3.63) is 22.9 Å². The Hall–Kier alpha value is -0.540. The third-order valence-electron chi connectivity index (χ3n) is 1.91. The van der Waals surface area contributed by atoms with E-state index in [1.165, 1.54) is 0 Å². The lowest BCUT2D eigenvalue weighted by atomic mass is 10.2. The third kappa shape index (κ3) is 4.67. The maximum atomic E-state index is 11.2.